The van der Waals surface area contributed by atoms with Crippen LogP contribution in [-0.2, 0) is 0 Å². The van der Waals surface area contributed by atoms with Gasteiger partial charge < -0.3 is 10.6 Å². The molecule has 0 aliphatic carbocycles. The minimum Gasteiger partial charge on any atom is -0.494 e. The Morgan fingerprint density at radius 1 is 1.17 bits per heavy atom. The van der Waals surface area contributed by atoms with Gasteiger partial charge in [0.2, 0.25) is 5.16 Å². The highest BCUT2D eigenvalue weighted by Gasteiger charge is 2.14. The summed E-state index contributed by atoms with van der Waals surface area (Å²) >= 11 is 1.55. The van der Waals surface area contributed by atoms with E-state index < -0.39 is 0 Å². The van der Waals surface area contributed by atoms with Crippen LogP contribution in [0.2, 0.25) is 0 Å². The number of ether oxygens (including phenoxy) is 1. The molecule has 0 bridgehead atoms. The molecule has 0 radical (unpaired) electrons. The van der Waals surface area contributed by atoms with Crippen LogP contribution >= 0.6 is 11.8 Å². The zero-order chi connectivity index (χ0) is 16.9. The van der Waals surface area contributed by atoms with E-state index in [1.165, 1.54) is 4.68 Å². The van der Waals surface area contributed by atoms with Crippen LogP contribution in [0.1, 0.15) is 17.8 Å². The molecule has 0 spiro atoms. The summed E-state index contributed by atoms with van der Waals surface area (Å²) in [6.07, 6.45) is 0.891. The summed E-state index contributed by atoms with van der Waals surface area (Å²) < 4.78 is 8.84. The Hall–Kier alpha value is -2.48. The second-order valence-electron chi connectivity index (χ2n) is 5.36. The molecular weight excluding hydrogens is 324 g/mol. The number of benzene rings is 1. The van der Waals surface area contributed by atoms with Gasteiger partial charge in [0.15, 0.2) is 0 Å². The van der Waals surface area contributed by atoms with Gasteiger partial charge in [-0.3, -0.25) is 0 Å². The fourth-order valence-electron chi connectivity index (χ4n) is 2.27. The van der Waals surface area contributed by atoms with Crippen LogP contribution in [0, 0.1) is 13.8 Å². The van der Waals surface area contributed by atoms with Gasteiger partial charge >= 0.3 is 0 Å². The standard InChI is InChI=1S/C16H20N6OS/c1-12-11-13(2)22(20-12)15-18-19-16(21(15)17)24-10-6-9-23-14-7-4-3-5-8-14/h3-5,7-8,11H,6,9-10,17H2,1-2H3. The van der Waals surface area contributed by atoms with Crippen molar-refractivity contribution in [2.45, 2.75) is 25.4 Å². The first-order valence-electron chi connectivity index (χ1n) is 7.70. The molecule has 0 atom stereocenters. The van der Waals surface area contributed by atoms with E-state index in [4.69, 9.17) is 10.6 Å². The van der Waals surface area contributed by atoms with Crippen LogP contribution in [0.3, 0.4) is 0 Å². The predicted molar refractivity (Wildman–Crippen MR) is 94.0 cm³/mol. The van der Waals surface area contributed by atoms with Gasteiger partial charge in [0, 0.05) is 11.4 Å². The zero-order valence-corrected chi connectivity index (χ0v) is 14.5. The Morgan fingerprint density at radius 2 is 1.96 bits per heavy atom. The van der Waals surface area contributed by atoms with Crippen LogP contribution in [-0.4, -0.2) is 37.0 Å². The zero-order valence-electron chi connectivity index (χ0n) is 13.7. The van der Waals surface area contributed by atoms with E-state index in [0.717, 1.165) is 29.3 Å². The van der Waals surface area contributed by atoms with Crippen LogP contribution in [0.5, 0.6) is 5.75 Å². The molecule has 2 aromatic heterocycles. The average molecular weight is 344 g/mol. The molecule has 24 heavy (non-hydrogen) atoms. The number of aromatic nitrogens is 5. The van der Waals surface area contributed by atoms with Crippen molar-refractivity contribution in [2.75, 3.05) is 18.2 Å². The normalized spacial score (nSPS) is 10.9. The number of nitrogens with two attached hydrogens (primary N) is 1. The Labute approximate surface area is 144 Å². The summed E-state index contributed by atoms with van der Waals surface area (Å²) in [4.78, 5) is 0. The van der Waals surface area contributed by atoms with Crippen molar-refractivity contribution in [3.63, 3.8) is 0 Å². The molecule has 2 heterocycles. The van der Waals surface area contributed by atoms with E-state index in [1.807, 2.05) is 50.2 Å². The third-order valence-electron chi connectivity index (χ3n) is 3.38. The van der Waals surface area contributed by atoms with Gasteiger partial charge in [-0.05, 0) is 38.5 Å². The molecule has 7 nitrogen and oxygen atoms in total. The fourth-order valence-corrected chi connectivity index (χ4v) is 3.04. The number of para-hydroxylation sites is 1. The molecule has 0 saturated heterocycles. The number of rotatable bonds is 7. The maximum atomic E-state index is 6.10. The highest BCUT2D eigenvalue weighted by Crippen LogP contribution is 2.18. The summed E-state index contributed by atoms with van der Waals surface area (Å²) in [5.74, 6) is 8.35. The number of hydrogen-bond donors (Lipinski definition) is 1. The Kier molecular flexibility index (Phi) is 5.05. The summed E-state index contributed by atoms with van der Waals surface area (Å²) in [5, 5.41) is 13.3. The van der Waals surface area contributed by atoms with Crippen LogP contribution < -0.4 is 10.6 Å². The van der Waals surface area contributed by atoms with Crippen LogP contribution in [0.25, 0.3) is 5.95 Å². The van der Waals surface area contributed by atoms with Crippen molar-refractivity contribution in [1.82, 2.24) is 24.7 Å². The quantitative estimate of drug-likeness (QED) is 0.402. The van der Waals surface area contributed by atoms with Crippen molar-refractivity contribution < 1.29 is 4.74 Å². The second-order valence-corrected chi connectivity index (χ2v) is 6.42. The highest BCUT2D eigenvalue weighted by molar-refractivity contribution is 7.99. The average Bonchev–Trinajstić information content (AvgIpc) is 3.10. The van der Waals surface area contributed by atoms with Crippen LogP contribution in [0.4, 0.5) is 0 Å². The monoisotopic (exact) mass is 344 g/mol. The first kappa shape index (κ1) is 16.4. The van der Waals surface area contributed by atoms with E-state index in [-0.39, 0.29) is 0 Å². The summed E-state index contributed by atoms with van der Waals surface area (Å²) in [6, 6.07) is 11.8. The first-order valence-corrected chi connectivity index (χ1v) is 8.68. The SMILES string of the molecule is Cc1cc(C)n(-c2nnc(SCCCOc3ccccc3)n2N)n1. The Morgan fingerprint density at radius 3 is 2.67 bits per heavy atom. The smallest absolute Gasteiger partial charge is 0.271 e. The lowest BCUT2D eigenvalue weighted by Crippen LogP contribution is -2.17. The van der Waals surface area contributed by atoms with E-state index in [9.17, 15) is 0 Å². The van der Waals surface area contributed by atoms with Crippen molar-refractivity contribution in [3.05, 3.63) is 47.8 Å². The molecular formula is C16H20N6OS. The molecule has 126 valence electrons. The van der Waals surface area contributed by atoms with Crippen molar-refractivity contribution in [2.24, 2.45) is 0 Å². The number of aryl methyl sites for hydroxylation is 2. The number of hydrogen-bond acceptors (Lipinski definition) is 6. The van der Waals surface area contributed by atoms with Gasteiger partial charge in [0.1, 0.15) is 5.75 Å². The minimum atomic E-state index is 0.517. The lowest BCUT2D eigenvalue weighted by molar-refractivity contribution is 0.318. The molecule has 8 heteroatoms. The Bertz CT molecular complexity index is 798. The van der Waals surface area contributed by atoms with E-state index in [1.54, 1.807) is 16.4 Å². The van der Waals surface area contributed by atoms with Crippen molar-refractivity contribution in [1.29, 1.82) is 0 Å². The lowest BCUT2D eigenvalue weighted by Gasteiger charge is -2.06. The topological polar surface area (TPSA) is 83.8 Å². The summed E-state index contributed by atoms with van der Waals surface area (Å²) in [7, 11) is 0. The number of nitrogens with zero attached hydrogens (tertiary/aromatic N) is 5. The third kappa shape index (κ3) is 3.70. The predicted octanol–water partition coefficient (Wildman–Crippen LogP) is 2.36. The number of nitrogen functional groups attached to an aromatic ring is 1. The van der Waals surface area contributed by atoms with Gasteiger partial charge in [-0.15, -0.1) is 10.2 Å². The van der Waals surface area contributed by atoms with E-state index in [0.29, 0.717) is 17.7 Å². The molecule has 2 N–H and O–H groups in total. The van der Waals surface area contributed by atoms with E-state index >= 15 is 0 Å². The molecule has 0 amide bonds. The molecule has 0 unspecified atom stereocenters. The fraction of sp³-hybridized carbons (Fsp3) is 0.312. The van der Waals surface area contributed by atoms with Gasteiger partial charge in [0.05, 0.1) is 12.3 Å². The van der Waals surface area contributed by atoms with Crippen LogP contribution in [0.15, 0.2) is 41.6 Å². The highest BCUT2D eigenvalue weighted by atomic mass is 32.2. The lowest BCUT2D eigenvalue weighted by atomic mass is 10.3. The summed E-state index contributed by atoms with van der Waals surface area (Å²) in [5.41, 5.74) is 1.89. The molecule has 3 aromatic rings. The Balaban J connectivity index is 1.52. The first-order chi connectivity index (χ1) is 11.6. The molecule has 0 fully saturated rings. The van der Waals surface area contributed by atoms with Gasteiger partial charge in [-0.1, -0.05) is 30.0 Å². The molecule has 0 saturated carbocycles. The molecule has 0 aliphatic heterocycles. The minimum absolute atomic E-state index is 0.517. The largest absolute Gasteiger partial charge is 0.494 e. The molecule has 3 rings (SSSR count). The van der Waals surface area contributed by atoms with Crippen molar-refractivity contribution >= 4 is 11.8 Å². The molecule has 1 aromatic carbocycles. The third-order valence-corrected chi connectivity index (χ3v) is 4.41. The van der Waals surface area contributed by atoms with Crippen molar-refractivity contribution in [3.8, 4) is 11.7 Å². The number of thioether (sulfide) groups is 1. The van der Waals surface area contributed by atoms with Gasteiger partial charge in [-0.2, -0.15) is 5.10 Å². The van der Waals surface area contributed by atoms with E-state index in [2.05, 4.69) is 15.3 Å². The maximum Gasteiger partial charge on any atom is 0.271 e. The second kappa shape index (κ2) is 7.39. The summed E-state index contributed by atoms with van der Waals surface area (Å²) in [6.45, 7) is 4.55. The van der Waals surface area contributed by atoms with Gasteiger partial charge in [0.25, 0.3) is 5.95 Å². The maximum absolute atomic E-state index is 6.10. The van der Waals surface area contributed by atoms with Gasteiger partial charge in [-0.25, -0.2) is 9.36 Å². The molecule has 0 aliphatic rings.